The molecule has 1 N–H and O–H groups in total. The number of halogens is 1. The van der Waals surface area contributed by atoms with Crippen LogP contribution < -0.4 is 5.32 Å². The van der Waals surface area contributed by atoms with Crippen LogP contribution in [0.25, 0.3) is 0 Å². The van der Waals surface area contributed by atoms with Crippen LogP contribution in [0.2, 0.25) is 5.02 Å². The zero-order valence-electron chi connectivity index (χ0n) is 10.4. The minimum absolute atomic E-state index is 0.405. The Balaban J connectivity index is 1.79. The standard InChI is InChI=1S/C14H17ClN2S/c1-14(9-16,17-13-6-7-13)10-18-8-11-2-4-12(15)5-3-11/h2-5,13,17H,6-8,10H2,1H3. The average molecular weight is 281 g/mol. The summed E-state index contributed by atoms with van der Waals surface area (Å²) in [6.07, 6.45) is 2.41. The van der Waals surface area contributed by atoms with Crippen molar-refractivity contribution in [2.45, 2.75) is 37.1 Å². The van der Waals surface area contributed by atoms with Crippen molar-refractivity contribution in [2.75, 3.05) is 5.75 Å². The smallest absolute Gasteiger partial charge is 0.113 e. The molecule has 0 aromatic heterocycles. The normalized spacial score (nSPS) is 18.1. The Kier molecular flexibility index (Phi) is 4.55. The van der Waals surface area contributed by atoms with E-state index in [2.05, 4.69) is 11.4 Å². The van der Waals surface area contributed by atoms with E-state index >= 15 is 0 Å². The van der Waals surface area contributed by atoms with Gasteiger partial charge in [-0.15, -0.1) is 0 Å². The second-order valence-corrected chi connectivity index (χ2v) is 6.40. The van der Waals surface area contributed by atoms with Crippen LogP contribution in [0.4, 0.5) is 0 Å². The number of hydrogen-bond donors (Lipinski definition) is 1. The van der Waals surface area contributed by atoms with Crippen LogP contribution in [-0.2, 0) is 5.75 Å². The molecule has 1 unspecified atom stereocenters. The quantitative estimate of drug-likeness (QED) is 0.865. The van der Waals surface area contributed by atoms with Gasteiger partial charge in [0.25, 0.3) is 0 Å². The summed E-state index contributed by atoms with van der Waals surface area (Å²) in [5, 5.41) is 13.4. The molecule has 1 saturated carbocycles. The van der Waals surface area contributed by atoms with Gasteiger partial charge in [-0.25, -0.2) is 0 Å². The highest BCUT2D eigenvalue weighted by molar-refractivity contribution is 7.98. The summed E-state index contributed by atoms with van der Waals surface area (Å²) in [6.45, 7) is 1.99. The molecule has 18 heavy (non-hydrogen) atoms. The molecule has 1 atom stereocenters. The molecule has 0 heterocycles. The molecule has 1 aliphatic carbocycles. The van der Waals surface area contributed by atoms with Crippen LogP contribution >= 0.6 is 23.4 Å². The summed E-state index contributed by atoms with van der Waals surface area (Å²) in [4.78, 5) is 0. The van der Waals surface area contributed by atoms with Gasteiger partial charge in [0.15, 0.2) is 0 Å². The van der Waals surface area contributed by atoms with Crippen molar-refractivity contribution in [3.05, 3.63) is 34.9 Å². The van der Waals surface area contributed by atoms with Crippen LogP contribution in [0, 0.1) is 11.3 Å². The molecule has 4 heteroatoms. The lowest BCUT2D eigenvalue weighted by Crippen LogP contribution is -2.44. The zero-order chi connectivity index (χ0) is 13.0. The van der Waals surface area contributed by atoms with Crippen molar-refractivity contribution in [3.8, 4) is 6.07 Å². The molecule has 0 bridgehead atoms. The fraction of sp³-hybridized carbons (Fsp3) is 0.500. The zero-order valence-corrected chi connectivity index (χ0v) is 12.0. The molecule has 0 spiro atoms. The van der Waals surface area contributed by atoms with E-state index in [0.717, 1.165) is 16.5 Å². The van der Waals surface area contributed by atoms with Crippen LogP contribution in [0.3, 0.4) is 0 Å². The highest BCUT2D eigenvalue weighted by Crippen LogP contribution is 2.25. The first kappa shape index (κ1) is 13.7. The third-order valence-electron chi connectivity index (χ3n) is 2.92. The summed E-state index contributed by atoms with van der Waals surface area (Å²) in [5.74, 6) is 1.73. The van der Waals surface area contributed by atoms with Crippen LogP contribution in [0.15, 0.2) is 24.3 Å². The number of nitrogens with zero attached hydrogens (tertiary/aromatic N) is 1. The molecule has 1 aromatic carbocycles. The topological polar surface area (TPSA) is 35.8 Å². The maximum absolute atomic E-state index is 9.25. The SMILES string of the molecule is CC(C#N)(CSCc1ccc(Cl)cc1)NC1CC1. The van der Waals surface area contributed by atoms with Gasteiger partial charge in [0, 0.05) is 22.6 Å². The van der Waals surface area contributed by atoms with Gasteiger partial charge in [-0.3, -0.25) is 5.32 Å². The van der Waals surface area contributed by atoms with Gasteiger partial charge in [-0.1, -0.05) is 23.7 Å². The van der Waals surface area contributed by atoms with Gasteiger partial charge in [0.1, 0.15) is 5.54 Å². The van der Waals surface area contributed by atoms with Gasteiger partial charge in [0.2, 0.25) is 0 Å². The van der Waals surface area contributed by atoms with Crippen molar-refractivity contribution >= 4 is 23.4 Å². The monoisotopic (exact) mass is 280 g/mol. The number of thioether (sulfide) groups is 1. The van der Waals surface area contributed by atoms with Gasteiger partial charge in [-0.05, 0) is 37.5 Å². The minimum Gasteiger partial charge on any atom is -0.296 e. The van der Waals surface area contributed by atoms with E-state index in [-0.39, 0.29) is 0 Å². The Morgan fingerprint density at radius 2 is 2.11 bits per heavy atom. The van der Waals surface area contributed by atoms with E-state index in [1.54, 1.807) is 11.8 Å². The van der Waals surface area contributed by atoms with E-state index in [0.29, 0.717) is 6.04 Å². The molecule has 0 amide bonds. The number of nitrogens with one attached hydrogen (secondary N) is 1. The third kappa shape index (κ3) is 4.20. The number of rotatable bonds is 6. The largest absolute Gasteiger partial charge is 0.296 e. The molecule has 2 rings (SSSR count). The molecule has 1 aromatic rings. The first-order valence-electron chi connectivity index (χ1n) is 6.12. The lowest BCUT2D eigenvalue weighted by atomic mass is 10.1. The van der Waals surface area contributed by atoms with E-state index in [9.17, 15) is 5.26 Å². The Bertz CT molecular complexity index is 436. The molecule has 0 radical (unpaired) electrons. The lowest BCUT2D eigenvalue weighted by Gasteiger charge is -2.22. The van der Waals surface area contributed by atoms with Crippen molar-refractivity contribution < 1.29 is 0 Å². The van der Waals surface area contributed by atoms with E-state index < -0.39 is 5.54 Å². The molecular weight excluding hydrogens is 264 g/mol. The highest BCUT2D eigenvalue weighted by Gasteiger charge is 2.32. The molecule has 1 aliphatic rings. The maximum atomic E-state index is 9.25. The van der Waals surface area contributed by atoms with Crippen molar-refractivity contribution in [1.29, 1.82) is 5.26 Å². The maximum Gasteiger partial charge on any atom is 0.113 e. The Hall–Kier alpha value is -0.690. The summed E-state index contributed by atoms with van der Waals surface area (Å²) >= 11 is 7.63. The first-order chi connectivity index (χ1) is 8.61. The second kappa shape index (κ2) is 5.97. The summed E-state index contributed by atoms with van der Waals surface area (Å²) in [7, 11) is 0. The summed E-state index contributed by atoms with van der Waals surface area (Å²) in [5.41, 5.74) is 0.842. The van der Waals surface area contributed by atoms with Crippen molar-refractivity contribution in [3.63, 3.8) is 0 Å². The Morgan fingerprint density at radius 3 is 2.67 bits per heavy atom. The molecule has 0 aliphatic heterocycles. The predicted octanol–water partition coefficient (Wildman–Crippen LogP) is 3.61. The van der Waals surface area contributed by atoms with Gasteiger partial charge in [0.05, 0.1) is 6.07 Å². The molecule has 96 valence electrons. The van der Waals surface area contributed by atoms with Crippen molar-refractivity contribution in [1.82, 2.24) is 5.32 Å². The molecule has 1 fully saturated rings. The van der Waals surface area contributed by atoms with E-state index in [1.807, 2.05) is 31.2 Å². The third-order valence-corrected chi connectivity index (χ3v) is 4.49. The summed E-state index contributed by atoms with van der Waals surface area (Å²) in [6, 6.07) is 10.8. The fourth-order valence-electron chi connectivity index (χ4n) is 1.74. The molecular formula is C14H17ClN2S. The Labute approximate surface area is 118 Å². The number of hydrogen-bond acceptors (Lipinski definition) is 3. The van der Waals surface area contributed by atoms with Gasteiger partial charge in [-0.2, -0.15) is 17.0 Å². The Morgan fingerprint density at radius 1 is 1.44 bits per heavy atom. The van der Waals surface area contributed by atoms with Crippen LogP contribution in [0.5, 0.6) is 0 Å². The minimum atomic E-state index is -0.405. The predicted molar refractivity (Wildman–Crippen MR) is 77.8 cm³/mol. The fourth-order valence-corrected chi connectivity index (χ4v) is 2.95. The summed E-state index contributed by atoms with van der Waals surface area (Å²) < 4.78 is 0. The first-order valence-corrected chi connectivity index (χ1v) is 7.66. The van der Waals surface area contributed by atoms with Crippen LogP contribution in [-0.4, -0.2) is 17.3 Å². The van der Waals surface area contributed by atoms with E-state index in [1.165, 1.54) is 18.4 Å². The number of benzene rings is 1. The molecule has 0 saturated heterocycles. The number of nitriles is 1. The van der Waals surface area contributed by atoms with Gasteiger partial charge >= 0.3 is 0 Å². The lowest BCUT2D eigenvalue weighted by molar-refractivity contribution is 0.490. The van der Waals surface area contributed by atoms with Crippen molar-refractivity contribution in [2.24, 2.45) is 0 Å². The van der Waals surface area contributed by atoms with Gasteiger partial charge < -0.3 is 0 Å². The molecule has 2 nitrogen and oxygen atoms in total. The van der Waals surface area contributed by atoms with E-state index in [4.69, 9.17) is 11.6 Å². The highest BCUT2D eigenvalue weighted by atomic mass is 35.5. The van der Waals surface area contributed by atoms with Crippen LogP contribution in [0.1, 0.15) is 25.3 Å². The average Bonchev–Trinajstić information content (AvgIpc) is 3.15. The second-order valence-electron chi connectivity index (χ2n) is 4.98.